The summed E-state index contributed by atoms with van der Waals surface area (Å²) < 4.78 is 0. The number of aromatic nitrogens is 2. The molecule has 1 amide bonds. The number of hydrogen-bond donors (Lipinski definition) is 2. The molecular formula is C15H17N3OS. The van der Waals surface area contributed by atoms with Crippen LogP contribution >= 0.6 is 11.8 Å². The van der Waals surface area contributed by atoms with E-state index in [4.69, 9.17) is 0 Å². The molecule has 2 aromatic rings. The van der Waals surface area contributed by atoms with Crippen molar-refractivity contribution in [3.8, 4) is 0 Å². The third-order valence-electron chi connectivity index (χ3n) is 3.28. The maximum absolute atomic E-state index is 11.8. The van der Waals surface area contributed by atoms with E-state index in [0.29, 0.717) is 5.69 Å². The van der Waals surface area contributed by atoms with E-state index in [1.54, 1.807) is 11.8 Å². The second-order valence-corrected chi connectivity index (χ2v) is 5.83. The summed E-state index contributed by atoms with van der Waals surface area (Å²) in [5, 5.41) is 2.87. The fraction of sp³-hybridized carbons (Fsp3) is 0.333. The van der Waals surface area contributed by atoms with Gasteiger partial charge in [-0.1, -0.05) is 30.3 Å². The molecule has 2 heterocycles. The highest BCUT2D eigenvalue weighted by molar-refractivity contribution is 7.97. The number of carbonyl (C=O) groups is 1. The van der Waals surface area contributed by atoms with Crippen molar-refractivity contribution >= 4 is 17.7 Å². The number of fused-ring (bicyclic) bond motifs is 1. The number of hydrogen-bond acceptors (Lipinski definition) is 3. The first-order valence-corrected chi connectivity index (χ1v) is 7.96. The lowest BCUT2D eigenvalue weighted by Crippen LogP contribution is -2.23. The van der Waals surface area contributed by atoms with Gasteiger partial charge in [-0.25, -0.2) is 4.98 Å². The van der Waals surface area contributed by atoms with Gasteiger partial charge >= 0.3 is 0 Å². The first kappa shape index (κ1) is 13.2. The minimum absolute atomic E-state index is 0.0481. The molecule has 1 aliphatic heterocycles. The molecule has 0 bridgehead atoms. The number of nitrogens with zero attached hydrogens (tertiary/aromatic N) is 1. The molecule has 0 saturated carbocycles. The van der Waals surface area contributed by atoms with Gasteiger partial charge in [0, 0.05) is 18.0 Å². The van der Waals surface area contributed by atoms with Crippen LogP contribution in [0.25, 0.3) is 0 Å². The summed E-state index contributed by atoms with van der Waals surface area (Å²) in [5.41, 5.74) is 2.87. The largest absolute Gasteiger partial charge is 0.351 e. The summed E-state index contributed by atoms with van der Waals surface area (Å²) >= 11 is 1.80. The lowest BCUT2D eigenvalue weighted by atomic mass is 10.2. The van der Waals surface area contributed by atoms with E-state index in [1.165, 1.54) is 5.56 Å². The molecule has 1 aliphatic rings. The van der Waals surface area contributed by atoms with Gasteiger partial charge in [-0.05, 0) is 18.4 Å². The lowest BCUT2D eigenvalue weighted by Gasteiger charge is -2.00. The lowest BCUT2D eigenvalue weighted by molar-refractivity contribution is 0.0951. The van der Waals surface area contributed by atoms with Gasteiger partial charge in [0.05, 0.1) is 5.75 Å². The quantitative estimate of drug-likeness (QED) is 0.908. The summed E-state index contributed by atoms with van der Waals surface area (Å²) in [6, 6.07) is 10.4. The average Bonchev–Trinajstić information content (AvgIpc) is 2.80. The first-order chi connectivity index (χ1) is 9.83. The average molecular weight is 287 g/mol. The molecule has 2 N–H and O–H groups in total. The van der Waals surface area contributed by atoms with Crippen molar-refractivity contribution in [3.63, 3.8) is 0 Å². The zero-order chi connectivity index (χ0) is 13.8. The third kappa shape index (κ3) is 3.04. The van der Waals surface area contributed by atoms with E-state index in [0.717, 1.165) is 42.4 Å². The number of carbonyl (C=O) groups excluding carboxylic acids is 1. The van der Waals surface area contributed by atoms with Gasteiger partial charge in [0.2, 0.25) is 0 Å². The van der Waals surface area contributed by atoms with Crippen LogP contribution in [-0.2, 0) is 17.9 Å². The molecule has 5 heteroatoms. The van der Waals surface area contributed by atoms with Gasteiger partial charge in [-0.15, -0.1) is 11.8 Å². The Labute approximate surface area is 122 Å². The molecule has 3 rings (SSSR count). The standard InChI is InChI=1S/C15H17N3OS/c19-15-14-12(7-4-8-16-15)17-13(18-14)10-20-9-11-5-2-1-3-6-11/h1-3,5-6H,4,7-10H2,(H,16,19)(H,17,18). The van der Waals surface area contributed by atoms with Gasteiger partial charge in [0.25, 0.3) is 5.91 Å². The van der Waals surface area contributed by atoms with E-state index in [9.17, 15) is 4.79 Å². The monoisotopic (exact) mass is 287 g/mol. The molecule has 0 saturated heterocycles. The highest BCUT2D eigenvalue weighted by atomic mass is 32.2. The fourth-order valence-corrected chi connectivity index (χ4v) is 3.15. The topological polar surface area (TPSA) is 57.8 Å². The Kier molecular flexibility index (Phi) is 4.06. The van der Waals surface area contributed by atoms with Gasteiger partial charge < -0.3 is 10.3 Å². The van der Waals surface area contributed by atoms with E-state index >= 15 is 0 Å². The van der Waals surface area contributed by atoms with Crippen molar-refractivity contribution in [3.05, 3.63) is 53.1 Å². The Morgan fingerprint density at radius 1 is 1.20 bits per heavy atom. The van der Waals surface area contributed by atoms with Crippen molar-refractivity contribution < 1.29 is 4.79 Å². The molecule has 0 unspecified atom stereocenters. The van der Waals surface area contributed by atoms with Gasteiger partial charge in [-0.2, -0.15) is 0 Å². The summed E-state index contributed by atoms with van der Waals surface area (Å²) in [7, 11) is 0. The molecule has 104 valence electrons. The number of aryl methyl sites for hydroxylation is 1. The molecule has 4 nitrogen and oxygen atoms in total. The Morgan fingerprint density at radius 3 is 2.90 bits per heavy atom. The van der Waals surface area contributed by atoms with Crippen LogP contribution < -0.4 is 5.32 Å². The SMILES string of the molecule is O=C1NCCCc2[nH]c(CSCc3ccccc3)nc21. The predicted octanol–water partition coefficient (Wildman–Crippen LogP) is 2.52. The number of rotatable bonds is 4. The number of thioether (sulfide) groups is 1. The Balaban J connectivity index is 1.61. The normalized spacial score (nSPS) is 14.5. The first-order valence-electron chi connectivity index (χ1n) is 6.80. The van der Waals surface area contributed by atoms with Crippen molar-refractivity contribution in [1.82, 2.24) is 15.3 Å². The number of benzene rings is 1. The molecule has 0 radical (unpaired) electrons. The second-order valence-electron chi connectivity index (χ2n) is 4.85. The maximum atomic E-state index is 11.8. The van der Waals surface area contributed by atoms with Crippen LogP contribution in [0.4, 0.5) is 0 Å². The van der Waals surface area contributed by atoms with Crippen LogP contribution in [0.15, 0.2) is 30.3 Å². The fourth-order valence-electron chi connectivity index (χ4n) is 2.29. The highest BCUT2D eigenvalue weighted by Gasteiger charge is 2.19. The molecular weight excluding hydrogens is 270 g/mol. The second kappa shape index (κ2) is 6.13. The van der Waals surface area contributed by atoms with Gasteiger partial charge in [-0.3, -0.25) is 4.79 Å². The number of H-pyrrole nitrogens is 1. The molecule has 0 spiro atoms. The summed E-state index contributed by atoms with van der Waals surface area (Å²) in [4.78, 5) is 19.5. The Bertz CT molecular complexity index is 594. The van der Waals surface area contributed by atoms with E-state index in [-0.39, 0.29) is 5.91 Å². The number of amides is 1. The zero-order valence-electron chi connectivity index (χ0n) is 11.2. The van der Waals surface area contributed by atoms with Crippen molar-refractivity contribution in [2.24, 2.45) is 0 Å². The van der Waals surface area contributed by atoms with E-state index < -0.39 is 0 Å². The number of imidazole rings is 1. The summed E-state index contributed by atoms with van der Waals surface area (Å²) in [6.45, 7) is 0.737. The van der Waals surface area contributed by atoms with E-state index in [1.807, 2.05) is 6.07 Å². The highest BCUT2D eigenvalue weighted by Crippen LogP contribution is 2.18. The minimum atomic E-state index is -0.0481. The van der Waals surface area contributed by atoms with Crippen LogP contribution in [0.3, 0.4) is 0 Å². The van der Waals surface area contributed by atoms with Crippen molar-refractivity contribution in [2.75, 3.05) is 6.54 Å². The molecule has 0 fully saturated rings. The van der Waals surface area contributed by atoms with Crippen molar-refractivity contribution in [1.29, 1.82) is 0 Å². The van der Waals surface area contributed by atoms with Crippen LogP contribution in [0.5, 0.6) is 0 Å². The smallest absolute Gasteiger partial charge is 0.271 e. The third-order valence-corrected chi connectivity index (χ3v) is 4.30. The minimum Gasteiger partial charge on any atom is -0.351 e. The maximum Gasteiger partial charge on any atom is 0.271 e. The summed E-state index contributed by atoms with van der Waals surface area (Å²) in [6.07, 6.45) is 1.86. The van der Waals surface area contributed by atoms with Crippen LogP contribution in [0, 0.1) is 0 Å². The van der Waals surface area contributed by atoms with Crippen LogP contribution in [0.2, 0.25) is 0 Å². The molecule has 0 atom stereocenters. The molecule has 1 aromatic heterocycles. The Morgan fingerprint density at radius 2 is 2.05 bits per heavy atom. The zero-order valence-corrected chi connectivity index (χ0v) is 12.0. The van der Waals surface area contributed by atoms with Gasteiger partial charge in [0.15, 0.2) is 0 Å². The predicted molar refractivity (Wildman–Crippen MR) is 80.7 cm³/mol. The Hall–Kier alpha value is -1.75. The van der Waals surface area contributed by atoms with Crippen LogP contribution in [-0.4, -0.2) is 22.4 Å². The number of nitrogens with one attached hydrogen (secondary N) is 2. The molecule has 1 aromatic carbocycles. The summed E-state index contributed by atoms with van der Waals surface area (Å²) in [5.74, 6) is 2.61. The van der Waals surface area contributed by atoms with Gasteiger partial charge in [0.1, 0.15) is 11.5 Å². The van der Waals surface area contributed by atoms with E-state index in [2.05, 4.69) is 39.6 Å². The molecule has 0 aliphatic carbocycles. The van der Waals surface area contributed by atoms with Crippen molar-refractivity contribution in [2.45, 2.75) is 24.3 Å². The number of aromatic amines is 1. The van der Waals surface area contributed by atoms with Crippen LogP contribution in [0.1, 0.15) is 34.0 Å². The molecule has 20 heavy (non-hydrogen) atoms.